The van der Waals surface area contributed by atoms with Crippen LogP contribution in [-0.4, -0.2) is 27.4 Å². The van der Waals surface area contributed by atoms with Crippen molar-refractivity contribution in [3.8, 4) is 0 Å². The van der Waals surface area contributed by atoms with Crippen molar-refractivity contribution in [3.63, 3.8) is 0 Å². The number of halogens is 4. The largest absolute Gasteiger partial charge is 0.255 e. The van der Waals surface area contributed by atoms with E-state index in [1.165, 1.54) is 68.1 Å². The maximum atomic E-state index is 12.6. The minimum Gasteiger partial charge on any atom is -0.255 e. The van der Waals surface area contributed by atoms with E-state index >= 15 is 0 Å². The molecule has 0 aromatic heterocycles. The molecule has 50 heavy (non-hydrogen) atoms. The lowest BCUT2D eigenvalue weighted by Gasteiger charge is -2.08. The van der Waals surface area contributed by atoms with Crippen molar-refractivity contribution in [1.29, 1.82) is 0 Å². The maximum Gasteiger partial charge on any atom is 0.206 e. The Labute approximate surface area is 333 Å². The molecule has 0 amide bonds. The van der Waals surface area contributed by atoms with E-state index in [0.29, 0.717) is 0 Å². The van der Waals surface area contributed by atoms with Gasteiger partial charge in [0.2, 0.25) is 19.7 Å². The van der Waals surface area contributed by atoms with Gasteiger partial charge in [-0.15, -0.1) is 0 Å². The molecule has 0 unspecified atom stereocenters. The van der Waals surface area contributed by atoms with E-state index in [2.05, 4.69) is 137 Å². The van der Waals surface area contributed by atoms with Crippen LogP contribution in [0.3, 0.4) is 0 Å². The summed E-state index contributed by atoms with van der Waals surface area (Å²) in [5.41, 5.74) is 0. The van der Waals surface area contributed by atoms with Crippen LogP contribution in [0.1, 0.15) is 0 Å². The SMILES string of the molecule is Brc1ccc(Sc2ccc(Sc3ccc(Br)cc3)cc2)cc1.O=S(=O)(c1ccc(Br)cc1)c1ccc(S(=O)(=O)c2ccc(Br)cc2)cc1.OO. The van der Waals surface area contributed by atoms with Gasteiger partial charge < -0.3 is 0 Å². The van der Waals surface area contributed by atoms with Crippen LogP contribution in [0.2, 0.25) is 0 Å². The van der Waals surface area contributed by atoms with E-state index in [4.69, 9.17) is 10.5 Å². The average Bonchev–Trinajstić information content (AvgIpc) is 3.13. The standard InChI is InChI=1S/C18H12Br2O4S2.C18H12Br2S2.H2O2/c19-13-1-5-15(6-2-13)25(21,22)17-9-11-18(12-10-17)26(23,24)16-7-3-14(20)4-8-16;19-13-1-5-15(6-2-13)21-17-9-11-18(12-10-17)22-16-7-3-14(20)4-8-16;1-2/h1-12H;1-12H;1-2H. The predicted octanol–water partition coefficient (Wildman–Crippen LogP) is 12.4. The van der Waals surface area contributed by atoms with Gasteiger partial charge in [-0.25, -0.2) is 16.8 Å². The second kappa shape index (κ2) is 19.0. The minimum absolute atomic E-state index is 0.0366. The van der Waals surface area contributed by atoms with Crippen LogP contribution in [0.4, 0.5) is 0 Å². The topological polar surface area (TPSA) is 109 Å². The molecule has 0 aliphatic heterocycles. The number of sulfone groups is 2. The van der Waals surface area contributed by atoms with Gasteiger partial charge in [-0.3, -0.25) is 10.5 Å². The zero-order valence-electron chi connectivity index (χ0n) is 25.5. The minimum atomic E-state index is -3.71. The molecule has 6 aromatic rings. The van der Waals surface area contributed by atoms with Gasteiger partial charge in [-0.1, -0.05) is 87.2 Å². The summed E-state index contributed by atoms with van der Waals surface area (Å²) in [5.74, 6) is 0. The molecule has 0 radical (unpaired) electrons. The highest BCUT2D eigenvalue weighted by atomic mass is 79.9. The molecule has 0 saturated heterocycles. The monoisotopic (exact) mass is 998 g/mol. The first-order valence-corrected chi connectivity index (χ1v) is 22.0. The summed E-state index contributed by atoms with van der Waals surface area (Å²) >= 11 is 17.0. The van der Waals surface area contributed by atoms with Crippen molar-refractivity contribution in [3.05, 3.63) is 163 Å². The summed E-state index contributed by atoms with van der Waals surface area (Å²) < 4.78 is 54.3. The summed E-state index contributed by atoms with van der Waals surface area (Å²) in [6.45, 7) is 0. The van der Waals surface area contributed by atoms with E-state index in [1.807, 2.05) is 0 Å². The van der Waals surface area contributed by atoms with Crippen LogP contribution in [0, 0.1) is 0 Å². The molecule has 0 saturated carbocycles. The summed E-state index contributed by atoms with van der Waals surface area (Å²) in [4.78, 5) is 5.36. The van der Waals surface area contributed by atoms with Gasteiger partial charge in [0, 0.05) is 37.5 Å². The van der Waals surface area contributed by atoms with Crippen molar-refractivity contribution in [2.45, 2.75) is 39.2 Å². The third kappa shape index (κ3) is 11.4. The fourth-order valence-corrected chi connectivity index (χ4v) is 9.36. The number of rotatable bonds is 8. The Morgan fingerprint density at radius 1 is 0.320 bits per heavy atom. The molecule has 258 valence electrons. The highest BCUT2D eigenvalue weighted by Gasteiger charge is 2.21. The smallest absolute Gasteiger partial charge is 0.206 e. The highest BCUT2D eigenvalue weighted by Crippen LogP contribution is 2.33. The van der Waals surface area contributed by atoms with Crippen molar-refractivity contribution < 1.29 is 27.4 Å². The Morgan fingerprint density at radius 2 is 0.480 bits per heavy atom. The number of hydrogen-bond donors (Lipinski definition) is 2. The van der Waals surface area contributed by atoms with Crippen LogP contribution in [0.15, 0.2) is 203 Å². The normalized spacial score (nSPS) is 11.1. The molecule has 6 nitrogen and oxygen atoms in total. The van der Waals surface area contributed by atoms with Crippen molar-refractivity contribution in [2.24, 2.45) is 0 Å². The van der Waals surface area contributed by atoms with Crippen LogP contribution < -0.4 is 0 Å². The lowest BCUT2D eigenvalue weighted by Crippen LogP contribution is -2.05. The lowest BCUT2D eigenvalue weighted by atomic mass is 10.4. The summed E-state index contributed by atoms with van der Waals surface area (Å²) in [7, 11) is -7.42. The molecule has 6 aromatic carbocycles. The molecule has 0 atom stereocenters. The Kier molecular flexibility index (Phi) is 15.4. The van der Waals surface area contributed by atoms with E-state index in [9.17, 15) is 16.8 Å². The van der Waals surface area contributed by atoms with Crippen LogP contribution >= 0.6 is 87.2 Å². The first-order chi connectivity index (χ1) is 23.9. The molecular formula is C36H26Br4O6S4. The average molecular weight is 1000 g/mol. The van der Waals surface area contributed by atoms with Crippen LogP contribution in [0.25, 0.3) is 0 Å². The third-order valence-electron chi connectivity index (χ3n) is 6.61. The molecule has 0 fully saturated rings. The summed E-state index contributed by atoms with van der Waals surface area (Å²) in [5, 5.41) is 12.0. The van der Waals surface area contributed by atoms with E-state index in [-0.39, 0.29) is 19.6 Å². The second-order valence-corrected chi connectivity index (χ2v) is 19.8. The third-order valence-corrected chi connectivity index (χ3v) is 14.3. The summed E-state index contributed by atoms with van der Waals surface area (Å²) in [6, 6.07) is 43.2. The maximum absolute atomic E-state index is 12.6. The zero-order chi connectivity index (χ0) is 36.3. The van der Waals surface area contributed by atoms with Gasteiger partial charge >= 0.3 is 0 Å². The lowest BCUT2D eigenvalue weighted by molar-refractivity contribution is -0.176. The van der Waals surface area contributed by atoms with Crippen molar-refractivity contribution >= 4 is 107 Å². The van der Waals surface area contributed by atoms with Crippen molar-refractivity contribution in [1.82, 2.24) is 0 Å². The number of benzene rings is 6. The predicted molar refractivity (Wildman–Crippen MR) is 214 cm³/mol. The quantitative estimate of drug-likeness (QED) is 0.115. The van der Waals surface area contributed by atoms with Gasteiger partial charge in [-0.05, 0) is 146 Å². The Bertz CT molecular complexity index is 2040. The summed E-state index contributed by atoms with van der Waals surface area (Å²) in [6.07, 6.45) is 0. The van der Waals surface area contributed by atoms with Gasteiger partial charge in [0.15, 0.2) is 0 Å². The van der Waals surface area contributed by atoms with Gasteiger partial charge in [0.05, 0.1) is 19.6 Å². The molecule has 14 heteroatoms. The fraction of sp³-hybridized carbons (Fsp3) is 0. The molecule has 2 N–H and O–H groups in total. The van der Waals surface area contributed by atoms with Gasteiger partial charge in [0.25, 0.3) is 0 Å². The van der Waals surface area contributed by atoms with Gasteiger partial charge in [0.1, 0.15) is 0 Å². The van der Waals surface area contributed by atoms with E-state index in [0.717, 1.165) is 17.9 Å². The van der Waals surface area contributed by atoms with Crippen molar-refractivity contribution in [2.75, 3.05) is 0 Å². The van der Waals surface area contributed by atoms with E-state index < -0.39 is 19.7 Å². The van der Waals surface area contributed by atoms with Gasteiger partial charge in [-0.2, -0.15) is 0 Å². The van der Waals surface area contributed by atoms with Crippen LogP contribution in [0.5, 0.6) is 0 Å². The molecule has 0 spiro atoms. The molecule has 0 bridgehead atoms. The fourth-order valence-electron chi connectivity index (χ4n) is 4.15. The first kappa shape index (κ1) is 40.5. The van der Waals surface area contributed by atoms with E-state index in [1.54, 1.807) is 47.8 Å². The highest BCUT2D eigenvalue weighted by molar-refractivity contribution is 9.11. The molecule has 0 aliphatic rings. The molecule has 6 rings (SSSR count). The Hall–Kier alpha value is -2.24. The number of hydrogen-bond acceptors (Lipinski definition) is 8. The zero-order valence-corrected chi connectivity index (χ0v) is 35.1. The molecule has 0 heterocycles. The molecule has 0 aliphatic carbocycles. The second-order valence-electron chi connectivity index (χ2n) is 9.97. The molecular weight excluding hydrogens is 976 g/mol. The Morgan fingerprint density at radius 3 is 0.700 bits per heavy atom. The van der Waals surface area contributed by atoms with Crippen LogP contribution in [-0.2, 0) is 19.7 Å². The first-order valence-electron chi connectivity index (χ1n) is 14.2. The Balaban J connectivity index is 0.000000217.